The number of ether oxygens (including phenoxy) is 1. The maximum Gasteiger partial charge on any atom is 0.280 e. The van der Waals surface area contributed by atoms with Crippen LogP contribution in [0.5, 0.6) is 0 Å². The summed E-state index contributed by atoms with van der Waals surface area (Å²) in [5, 5.41) is 0. The number of amides is 1. The maximum absolute atomic E-state index is 12.9. The van der Waals surface area contributed by atoms with Crippen molar-refractivity contribution in [1.29, 1.82) is 0 Å². The first-order valence-electron chi connectivity index (χ1n) is 9.29. The Morgan fingerprint density at radius 1 is 1.31 bits per heavy atom. The molecule has 2 aliphatic heterocycles. The lowest BCUT2D eigenvalue weighted by atomic mass is 10.0. The van der Waals surface area contributed by atoms with E-state index in [9.17, 15) is 9.59 Å². The Labute approximate surface area is 152 Å². The highest BCUT2D eigenvalue weighted by Gasteiger charge is 2.37. The molecule has 0 radical (unpaired) electrons. The van der Waals surface area contributed by atoms with Gasteiger partial charge in [-0.2, -0.15) is 0 Å². The smallest absolute Gasteiger partial charge is 0.280 e. The van der Waals surface area contributed by atoms with E-state index in [1.807, 2.05) is 12.1 Å². The van der Waals surface area contributed by atoms with Crippen molar-refractivity contribution in [2.24, 2.45) is 0 Å². The number of rotatable bonds is 3. The number of aromatic nitrogens is 2. The van der Waals surface area contributed by atoms with E-state index in [-0.39, 0.29) is 17.6 Å². The summed E-state index contributed by atoms with van der Waals surface area (Å²) in [5.74, 6) is -0.297. The number of piperazine rings is 1. The number of hydrogen-bond acceptors (Lipinski definition) is 5. The third-order valence-corrected chi connectivity index (χ3v) is 5.33. The molecule has 4 rings (SSSR count). The van der Waals surface area contributed by atoms with Gasteiger partial charge in [-0.25, -0.2) is 4.98 Å². The number of nitrogens with zero attached hydrogens (tertiary/aromatic N) is 3. The Morgan fingerprint density at radius 3 is 3.00 bits per heavy atom. The van der Waals surface area contributed by atoms with Crippen LogP contribution in [0.4, 0.5) is 0 Å². The van der Waals surface area contributed by atoms with Gasteiger partial charge in [0.1, 0.15) is 0 Å². The number of benzene rings is 1. The van der Waals surface area contributed by atoms with Crippen LogP contribution in [-0.2, 0) is 4.74 Å². The monoisotopic (exact) mass is 356 g/mol. The van der Waals surface area contributed by atoms with Gasteiger partial charge in [-0.15, -0.1) is 0 Å². The predicted molar refractivity (Wildman–Crippen MR) is 98.3 cm³/mol. The number of H-pyrrole nitrogens is 1. The summed E-state index contributed by atoms with van der Waals surface area (Å²) in [7, 11) is 0. The number of hydrogen-bond donors (Lipinski definition) is 1. The van der Waals surface area contributed by atoms with Crippen LogP contribution < -0.4 is 5.56 Å². The van der Waals surface area contributed by atoms with Crippen molar-refractivity contribution in [3.63, 3.8) is 0 Å². The van der Waals surface area contributed by atoms with Crippen molar-refractivity contribution in [3.8, 4) is 0 Å². The van der Waals surface area contributed by atoms with E-state index in [0.717, 1.165) is 26.0 Å². The summed E-state index contributed by atoms with van der Waals surface area (Å²) < 4.78 is 5.76. The van der Waals surface area contributed by atoms with Crippen LogP contribution in [0.3, 0.4) is 0 Å². The van der Waals surface area contributed by atoms with E-state index in [4.69, 9.17) is 4.74 Å². The maximum atomic E-state index is 12.9. The third kappa shape index (κ3) is 3.12. The lowest BCUT2D eigenvalue weighted by Crippen LogP contribution is -2.62. The van der Waals surface area contributed by atoms with Crippen LogP contribution in [0.1, 0.15) is 30.3 Å². The Morgan fingerprint density at radius 2 is 2.15 bits per heavy atom. The van der Waals surface area contributed by atoms with Crippen molar-refractivity contribution in [1.82, 2.24) is 19.8 Å². The van der Waals surface area contributed by atoms with Crippen molar-refractivity contribution in [2.45, 2.75) is 31.8 Å². The Hall–Kier alpha value is -2.25. The topological polar surface area (TPSA) is 78.5 Å². The quantitative estimate of drug-likeness (QED) is 0.895. The van der Waals surface area contributed by atoms with Crippen molar-refractivity contribution < 1.29 is 9.53 Å². The normalized spacial score (nSPS) is 23.8. The van der Waals surface area contributed by atoms with E-state index in [0.29, 0.717) is 36.8 Å². The molecular weight excluding hydrogens is 332 g/mol. The first-order valence-corrected chi connectivity index (χ1v) is 9.29. The summed E-state index contributed by atoms with van der Waals surface area (Å²) in [5.41, 5.74) is 0.805. The van der Waals surface area contributed by atoms with Gasteiger partial charge in [0, 0.05) is 25.7 Å². The second-order valence-electron chi connectivity index (χ2n) is 7.05. The number of nitrogens with one attached hydrogen (secondary N) is 1. The molecule has 1 amide bonds. The van der Waals surface area contributed by atoms with Gasteiger partial charge >= 0.3 is 0 Å². The number of morpholine rings is 1. The number of fused-ring (bicyclic) bond motifs is 2. The van der Waals surface area contributed by atoms with E-state index in [2.05, 4.69) is 21.8 Å². The molecule has 2 aliphatic rings. The standard InChI is InChI=1S/C19H24N4O3/c1-2-5-13-11-26-12-14-10-22(8-9-23(13)14)19(25)17-18(24)21-16-7-4-3-6-15(16)20-17/h3-4,6-7,13-14H,2,5,8-12H2,1H3,(H,21,24)/t13-,14+/m0/s1. The number of carbonyl (C=O) groups is 1. The van der Waals surface area contributed by atoms with E-state index < -0.39 is 5.56 Å². The molecule has 0 unspecified atom stereocenters. The van der Waals surface area contributed by atoms with E-state index in [1.54, 1.807) is 17.0 Å². The highest BCUT2D eigenvalue weighted by molar-refractivity contribution is 5.93. The Balaban J connectivity index is 1.55. The largest absolute Gasteiger partial charge is 0.378 e. The predicted octanol–water partition coefficient (Wildman–Crippen LogP) is 1.25. The van der Waals surface area contributed by atoms with Gasteiger partial charge in [0.05, 0.1) is 30.3 Å². The zero-order valence-corrected chi connectivity index (χ0v) is 15.0. The van der Waals surface area contributed by atoms with Gasteiger partial charge in [0.25, 0.3) is 11.5 Å². The lowest BCUT2D eigenvalue weighted by Gasteiger charge is -2.47. The van der Waals surface area contributed by atoms with Gasteiger partial charge in [-0.1, -0.05) is 25.5 Å². The molecule has 2 saturated heterocycles. The molecule has 3 heterocycles. The lowest BCUT2D eigenvalue weighted by molar-refractivity contribution is -0.0777. The van der Waals surface area contributed by atoms with Crippen LogP contribution in [0.25, 0.3) is 11.0 Å². The molecule has 0 bridgehead atoms. The second-order valence-corrected chi connectivity index (χ2v) is 7.05. The molecule has 0 spiro atoms. The number of para-hydroxylation sites is 2. The molecule has 1 N–H and O–H groups in total. The Bertz CT molecular complexity index is 863. The summed E-state index contributed by atoms with van der Waals surface area (Å²) in [6.45, 7) is 5.59. The van der Waals surface area contributed by atoms with Gasteiger partial charge in [0.2, 0.25) is 0 Å². The van der Waals surface area contributed by atoms with Crippen LogP contribution in [0, 0.1) is 0 Å². The van der Waals surface area contributed by atoms with Crippen molar-refractivity contribution >= 4 is 16.9 Å². The molecule has 26 heavy (non-hydrogen) atoms. The average molecular weight is 356 g/mol. The minimum Gasteiger partial charge on any atom is -0.378 e. The van der Waals surface area contributed by atoms with E-state index in [1.165, 1.54) is 0 Å². The van der Waals surface area contributed by atoms with Crippen LogP contribution in [0.2, 0.25) is 0 Å². The molecule has 2 fully saturated rings. The van der Waals surface area contributed by atoms with Crippen molar-refractivity contribution in [2.75, 3.05) is 32.8 Å². The molecule has 1 aromatic carbocycles. The molecule has 7 heteroatoms. The average Bonchev–Trinajstić information content (AvgIpc) is 2.67. The SMILES string of the molecule is CCC[C@H]1COC[C@H]2CN(C(=O)c3nc4ccccc4[nH]c3=O)CCN12. The van der Waals surface area contributed by atoms with Crippen LogP contribution >= 0.6 is 0 Å². The fourth-order valence-corrected chi connectivity index (χ4v) is 4.03. The number of aromatic amines is 1. The third-order valence-electron chi connectivity index (χ3n) is 5.33. The zero-order chi connectivity index (χ0) is 18.1. The molecule has 2 aromatic rings. The first-order chi connectivity index (χ1) is 12.7. The minimum atomic E-state index is -0.431. The van der Waals surface area contributed by atoms with Gasteiger partial charge in [0.15, 0.2) is 5.69 Å². The molecule has 2 atom stereocenters. The molecule has 0 saturated carbocycles. The Kier molecular flexibility index (Phi) is 4.74. The highest BCUT2D eigenvalue weighted by Crippen LogP contribution is 2.22. The van der Waals surface area contributed by atoms with Gasteiger partial charge in [-0.05, 0) is 18.6 Å². The van der Waals surface area contributed by atoms with Crippen LogP contribution in [0.15, 0.2) is 29.1 Å². The molecule has 138 valence electrons. The minimum absolute atomic E-state index is 0.0287. The van der Waals surface area contributed by atoms with Crippen molar-refractivity contribution in [3.05, 3.63) is 40.3 Å². The van der Waals surface area contributed by atoms with Gasteiger partial charge in [-0.3, -0.25) is 14.5 Å². The van der Waals surface area contributed by atoms with E-state index >= 15 is 0 Å². The summed E-state index contributed by atoms with van der Waals surface area (Å²) in [4.78, 5) is 36.6. The molecular formula is C19H24N4O3. The first kappa shape index (κ1) is 17.2. The van der Waals surface area contributed by atoms with Crippen LogP contribution in [-0.4, -0.2) is 70.6 Å². The fourth-order valence-electron chi connectivity index (χ4n) is 4.03. The fraction of sp³-hybridized carbons (Fsp3) is 0.526. The summed E-state index contributed by atoms with van der Waals surface area (Å²) in [6, 6.07) is 7.87. The number of carbonyl (C=O) groups excluding carboxylic acids is 1. The molecule has 7 nitrogen and oxygen atoms in total. The highest BCUT2D eigenvalue weighted by atomic mass is 16.5. The summed E-state index contributed by atoms with van der Waals surface area (Å²) in [6.07, 6.45) is 2.23. The molecule has 0 aliphatic carbocycles. The zero-order valence-electron chi connectivity index (χ0n) is 15.0. The second kappa shape index (κ2) is 7.17. The molecule has 1 aromatic heterocycles. The summed E-state index contributed by atoms with van der Waals surface area (Å²) >= 11 is 0. The van der Waals surface area contributed by atoms with Gasteiger partial charge < -0.3 is 14.6 Å².